The topological polar surface area (TPSA) is 53.6 Å². The van der Waals surface area contributed by atoms with Gasteiger partial charge in [0.05, 0.1) is 11.9 Å². The Morgan fingerprint density at radius 1 is 1.32 bits per heavy atom. The molecule has 0 aliphatic heterocycles. The van der Waals surface area contributed by atoms with Crippen LogP contribution < -0.4 is 5.32 Å². The van der Waals surface area contributed by atoms with E-state index in [0.29, 0.717) is 12.0 Å². The molecular formula is C15H22N4. The lowest BCUT2D eigenvalue weighted by molar-refractivity contribution is 0.387. The van der Waals surface area contributed by atoms with Gasteiger partial charge in [0.2, 0.25) is 0 Å². The highest BCUT2D eigenvalue weighted by atomic mass is 15.1. The first-order valence-corrected chi connectivity index (χ1v) is 6.88. The van der Waals surface area contributed by atoms with Gasteiger partial charge < -0.3 is 5.32 Å². The maximum absolute atomic E-state index is 4.15. The van der Waals surface area contributed by atoms with Gasteiger partial charge in [-0.2, -0.15) is 5.10 Å². The fourth-order valence-electron chi connectivity index (χ4n) is 2.30. The van der Waals surface area contributed by atoms with E-state index in [9.17, 15) is 0 Å². The van der Waals surface area contributed by atoms with E-state index in [1.54, 1.807) is 6.20 Å². The van der Waals surface area contributed by atoms with Crippen LogP contribution in [0.3, 0.4) is 0 Å². The van der Waals surface area contributed by atoms with Crippen molar-refractivity contribution >= 4 is 0 Å². The monoisotopic (exact) mass is 258 g/mol. The van der Waals surface area contributed by atoms with Crippen LogP contribution in [0.25, 0.3) is 11.3 Å². The highest BCUT2D eigenvalue weighted by Gasteiger charge is 2.12. The summed E-state index contributed by atoms with van der Waals surface area (Å²) in [6.07, 6.45) is 6.67. The minimum atomic E-state index is 0.539. The van der Waals surface area contributed by atoms with Gasteiger partial charge in [-0.05, 0) is 24.5 Å². The summed E-state index contributed by atoms with van der Waals surface area (Å²) in [6, 6.07) is 4.52. The summed E-state index contributed by atoms with van der Waals surface area (Å²) in [4.78, 5) is 4.15. The molecule has 0 aliphatic rings. The van der Waals surface area contributed by atoms with Crippen molar-refractivity contribution in [3.63, 3.8) is 0 Å². The number of rotatable bonds is 6. The van der Waals surface area contributed by atoms with E-state index in [-0.39, 0.29) is 0 Å². The average molecular weight is 258 g/mol. The molecule has 0 aliphatic carbocycles. The molecule has 19 heavy (non-hydrogen) atoms. The number of aromatic amines is 1. The number of hydrogen-bond acceptors (Lipinski definition) is 3. The standard InChI is InChI=1S/C15H22N4/c1-4-14(11(2)3)17-9-13-10-18-19-15(13)12-6-5-7-16-8-12/h5-8,10-11,14,17H,4,9H2,1-3H3,(H,18,19). The van der Waals surface area contributed by atoms with Crippen LogP contribution in [0.15, 0.2) is 30.7 Å². The van der Waals surface area contributed by atoms with E-state index in [1.165, 1.54) is 5.56 Å². The zero-order valence-electron chi connectivity index (χ0n) is 11.9. The number of nitrogens with one attached hydrogen (secondary N) is 2. The van der Waals surface area contributed by atoms with Gasteiger partial charge in [-0.3, -0.25) is 10.1 Å². The quantitative estimate of drug-likeness (QED) is 0.837. The second kappa shape index (κ2) is 6.48. The van der Waals surface area contributed by atoms with Crippen molar-refractivity contribution in [2.45, 2.75) is 39.8 Å². The number of hydrogen-bond donors (Lipinski definition) is 2. The SMILES string of the molecule is CCC(NCc1cn[nH]c1-c1cccnc1)C(C)C. The lowest BCUT2D eigenvalue weighted by atomic mass is 10.0. The fraction of sp³-hybridized carbons (Fsp3) is 0.467. The molecule has 0 saturated heterocycles. The second-order valence-electron chi connectivity index (χ2n) is 5.15. The summed E-state index contributed by atoms with van der Waals surface area (Å²) in [5.41, 5.74) is 3.32. The van der Waals surface area contributed by atoms with Crippen molar-refractivity contribution in [2.75, 3.05) is 0 Å². The van der Waals surface area contributed by atoms with Crippen LogP contribution in [0.2, 0.25) is 0 Å². The summed E-state index contributed by atoms with van der Waals surface area (Å²) in [6.45, 7) is 7.55. The predicted molar refractivity (Wildman–Crippen MR) is 77.6 cm³/mol. The van der Waals surface area contributed by atoms with Crippen LogP contribution in [-0.2, 0) is 6.54 Å². The molecule has 2 N–H and O–H groups in total. The summed E-state index contributed by atoms with van der Waals surface area (Å²) >= 11 is 0. The Morgan fingerprint density at radius 2 is 2.16 bits per heavy atom. The first-order chi connectivity index (χ1) is 9.22. The lowest BCUT2D eigenvalue weighted by Gasteiger charge is -2.20. The molecule has 0 fully saturated rings. The molecule has 4 heteroatoms. The molecule has 0 aromatic carbocycles. The Kier molecular flexibility index (Phi) is 4.68. The molecule has 102 valence electrons. The predicted octanol–water partition coefficient (Wildman–Crippen LogP) is 3.00. The zero-order valence-corrected chi connectivity index (χ0v) is 11.9. The lowest BCUT2D eigenvalue weighted by Crippen LogP contribution is -2.32. The van der Waals surface area contributed by atoms with Crippen LogP contribution >= 0.6 is 0 Å². The summed E-state index contributed by atoms with van der Waals surface area (Å²) in [7, 11) is 0. The fourth-order valence-corrected chi connectivity index (χ4v) is 2.30. The maximum Gasteiger partial charge on any atom is 0.0710 e. The Bertz CT molecular complexity index is 490. The minimum absolute atomic E-state index is 0.539. The molecule has 1 unspecified atom stereocenters. The van der Waals surface area contributed by atoms with Gasteiger partial charge in [0.15, 0.2) is 0 Å². The Labute approximate surface area is 114 Å². The molecule has 2 heterocycles. The molecule has 4 nitrogen and oxygen atoms in total. The summed E-state index contributed by atoms with van der Waals surface area (Å²) < 4.78 is 0. The van der Waals surface area contributed by atoms with Crippen LogP contribution in [0.5, 0.6) is 0 Å². The normalized spacial score (nSPS) is 12.8. The zero-order chi connectivity index (χ0) is 13.7. The molecule has 1 atom stereocenters. The van der Waals surface area contributed by atoms with Gasteiger partial charge in [0, 0.05) is 36.1 Å². The van der Waals surface area contributed by atoms with Gasteiger partial charge in [-0.25, -0.2) is 0 Å². The first-order valence-electron chi connectivity index (χ1n) is 6.88. The van der Waals surface area contributed by atoms with Gasteiger partial charge in [-0.15, -0.1) is 0 Å². The van der Waals surface area contributed by atoms with Crippen molar-refractivity contribution in [1.29, 1.82) is 0 Å². The summed E-state index contributed by atoms with van der Waals surface area (Å²) in [5, 5.41) is 10.8. The molecular weight excluding hydrogens is 236 g/mol. The van der Waals surface area contributed by atoms with E-state index >= 15 is 0 Å². The second-order valence-corrected chi connectivity index (χ2v) is 5.15. The van der Waals surface area contributed by atoms with Crippen molar-refractivity contribution in [3.05, 3.63) is 36.3 Å². The molecule has 0 spiro atoms. The van der Waals surface area contributed by atoms with E-state index in [4.69, 9.17) is 0 Å². The molecule has 0 saturated carbocycles. The number of H-pyrrole nitrogens is 1. The van der Waals surface area contributed by atoms with Gasteiger partial charge >= 0.3 is 0 Å². The Balaban J connectivity index is 2.08. The Hall–Kier alpha value is -1.68. The van der Waals surface area contributed by atoms with Crippen molar-refractivity contribution < 1.29 is 0 Å². The van der Waals surface area contributed by atoms with Crippen LogP contribution in [0.1, 0.15) is 32.8 Å². The molecule has 0 bridgehead atoms. The van der Waals surface area contributed by atoms with E-state index < -0.39 is 0 Å². The number of aromatic nitrogens is 3. The van der Waals surface area contributed by atoms with Crippen molar-refractivity contribution in [3.8, 4) is 11.3 Å². The van der Waals surface area contributed by atoms with Gasteiger partial charge in [0.1, 0.15) is 0 Å². The van der Waals surface area contributed by atoms with E-state index in [0.717, 1.165) is 24.2 Å². The third-order valence-corrected chi connectivity index (χ3v) is 3.47. The highest BCUT2D eigenvalue weighted by molar-refractivity contribution is 5.61. The maximum atomic E-state index is 4.15. The minimum Gasteiger partial charge on any atom is -0.310 e. The molecule has 2 rings (SSSR count). The first kappa shape index (κ1) is 13.7. The van der Waals surface area contributed by atoms with Gasteiger partial charge in [-0.1, -0.05) is 20.8 Å². The Morgan fingerprint density at radius 3 is 2.79 bits per heavy atom. The van der Waals surface area contributed by atoms with Gasteiger partial charge in [0.25, 0.3) is 0 Å². The molecule has 2 aromatic heterocycles. The number of nitrogens with zero attached hydrogens (tertiary/aromatic N) is 2. The van der Waals surface area contributed by atoms with Crippen molar-refractivity contribution in [2.24, 2.45) is 5.92 Å². The smallest absolute Gasteiger partial charge is 0.0710 e. The molecule has 2 aromatic rings. The van der Waals surface area contributed by atoms with Crippen LogP contribution in [0.4, 0.5) is 0 Å². The third kappa shape index (κ3) is 3.41. The van der Waals surface area contributed by atoms with Crippen molar-refractivity contribution in [1.82, 2.24) is 20.5 Å². The third-order valence-electron chi connectivity index (χ3n) is 3.47. The summed E-state index contributed by atoms with van der Waals surface area (Å²) in [5.74, 6) is 0.638. The molecule has 0 radical (unpaired) electrons. The van der Waals surface area contributed by atoms with Crippen LogP contribution in [-0.4, -0.2) is 21.2 Å². The highest BCUT2D eigenvalue weighted by Crippen LogP contribution is 2.20. The molecule has 0 amide bonds. The largest absolute Gasteiger partial charge is 0.310 e. The van der Waals surface area contributed by atoms with Crippen LogP contribution in [0, 0.1) is 5.92 Å². The van der Waals surface area contributed by atoms with E-state index in [2.05, 4.69) is 41.3 Å². The average Bonchev–Trinajstić information content (AvgIpc) is 2.88. The van der Waals surface area contributed by atoms with E-state index in [1.807, 2.05) is 24.5 Å². The number of pyridine rings is 1.